The van der Waals surface area contributed by atoms with E-state index in [0.29, 0.717) is 11.1 Å². The quantitative estimate of drug-likeness (QED) is 0.625. The van der Waals surface area contributed by atoms with Crippen molar-refractivity contribution < 1.29 is 13.9 Å². The summed E-state index contributed by atoms with van der Waals surface area (Å²) in [5.74, 6) is 1.32. The zero-order valence-electron chi connectivity index (χ0n) is 15.6. The van der Waals surface area contributed by atoms with E-state index < -0.39 is 0 Å². The van der Waals surface area contributed by atoms with E-state index in [1.54, 1.807) is 7.11 Å². The van der Waals surface area contributed by atoms with Gasteiger partial charge in [0.2, 0.25) is 11.8 Å². The third-order valence-corrected chi connectivity index (χ3v) is 5.56. The van der Waals surface area contributed by atoms with Crippen LogP contribution in [-0.2, 0) is 17.6 Å². The van der Waals surface area contributed by atoms with Gasteiger partial charge in [0.15, 0.2) is 0 Å². The molecule has 1 heterocycles. The number of carbonyl (C=O) groups excluding carboxylic acids is 1. The number of carbonyl (C=O) groups is 1. The van der Waals surface area contributed by atoms with Gasteiger partial charge in [-0.15, -0.1) is 10.2 Å². The number of ether oxygens (including phenoxy) is 1. The molecule has 0 bridgehead atoms. The van der Waals surface area contributed by atoms with Crippen LogP contribution in [0.15, 0.2) is 52.1 Å². The number of benzene rings is 2. The fourth-order valence-corrected chi connectivity index (χ4v) is 3.89. The van der Waals surface area contributed by atoms with Gasteiger partial charge in [0.05, 0.1) is 12.9 Å². The molecule has 1 aliphatic carbocycles. The Labute approximate surface area is 167 Å². The zero-order chi connectivity index (χ0) is 19.3. The highest BCUT2D eigenvalue weighted by Gasteiger charge is 2.16. The summed E-state index contributed by atoms with van der Waals surface area (Å²) in [7, 11) is 1.62. The Bertz CT molecular complexity index is 969. The second-order valence-electron chi connectivity index (χ2n) is 6.59. The van der Waals surface area contributed by atoms with Crippen LogP contribution in [0.25, 0.3) is 11.5 Å². The molecular formula is C21H21N3O3S. The standard InChI is InChI=1S/C21H21N3O3S/c1-26-16-11-9-15(10-12-16)20-23-24-21(27-20)28-13-19(25)22-18-8-4-6-14-5-2-3-7-17(14)18/h4,6,8-12H,2-3,5,7,13H2,1H3,(H,22,25). The van der Waals surface area contributed by atoms with Crippen molar-refractivity contribution in [2.24, 2.45) is 0 Å². The van der Waals surface area contributed by atoms with Crippen molar-refractivity contribution >= 4 is 23.4 Å². The summed E-state index contributed by atoms with van der Waals surface area (Å²) in [6.45, 7) is 0. The lowest BCUT2D eigenvalue weighted by atomic mass is 9.90. The second-order valence-corrected chi connectivity index (χ2v) is 7.52. The first kappa shape index (κ1) is 18.6. The molecule has 1 N–H and O–H groups in total. The highest BCUT2D eigenvalue weighted by atomic mass is 32.2. The molecule has 0 saturated heterocycles. The van der Waals surface area contributed by atoms with Gasteiger partial charge < -0.3 is 14.5 Å². The van der Waals surface area contributed by atoms with E-state index in [1.807, 2.05) is 36.4 Å². The van der Waals surface area contributed by atoms with Gasteiger partial charge in [-0.05, 0) is 67.1 Å². The Kier molecular flexibility index (Phi) is 5.62. The van der Waals surface area contributed by atoms with E-state index in [4.69, 9.17) is 9.15 Å². The Hall–Kier alpha value is -2.80. The first-order valence-electron chi connectivity index (χ1n) is 9.24. The number of methoxy groups -OCH3 is 1. The fraction of sp³-hybridized carbons (Fsp3) is 0.286. The van der Waals surface area contributed by atoms with Gasteiger partial charge in [-0.1, -0.05) is 23.9 Å². The van der Waals surface area contributed by atoms with Gasteiger partial charge in [0.25, 0.3) is 5.22 Å². The van der Waals surface area contributed by atoms with E-state index in [1.165, 1.54) is 35.7 Å². The molecule has 0 saturated carbocycles. The first-order valence-corrected chi connectivity index (χ1v) is 10.2. The highest BCUT2D eigenvalue weighted by Crippen LogP contribution is 2.29. The van der Waals surface area contributed by atoms with Crippen LogP contribution in [0.4, 0.5) is 5.69 Å². The van der Waals surface area contributed by atoms with Crippen molar-refractivity contribution in [1.29, 1.82) is 0 Å². The average molecular weight is 395 g/mol. The lowest BCUT2D eigenvalue weighted by molar-refractivity contribution is -0.113. The minimum Gasteiger partial charge on any atom is -0.497 e. The van der Waals surface area contributed by atoms with E-state index in [9.17, 15) is 4.79 Å². The molecule has 7 heteroatoms. The van der Waals surface area contributed by atoms with E-state index >= 15 is 0 Å². The van der Waals surface area contributed by atoms with Crippen LogP contribution >= 0.6 is 11.8 Å². The van der Waals surface area contributed by atoms with Gasteiger partial charge in [0, 0.05) is 11.3 Å². The molecule has 3 aromatic rings. The zero-order valence-corrected chi connectivity index (χ0v) is 16.4. The van der Waals surface area contributed by atoms with Crippen LogP contribution in [-0.4, -0.2) is 29.0 Å². The van der Waals surface area contributed by atoms with Crippen molar-refractivity contribution in [3.8, 4) is 17.2 Å². The maximum absolute atomic E-state index is 12.4. The van der Waals surface area contributed by atoms with Crippen molar-refractivity contribution in [2.75, 3.05) is 18.2 Å². The average Bonchev–Trinajstić information content (AvgIpc) is 3.22. The molecule has 2 aromatic carbocycles. The maximum Gasteiger partial charge on any atom is 0.277 e. The normalized spacial score (nSPS) is 13.0. The van der Waals surface area contributed by atoms with Crippen LogP contribution in [0.5, 0.6) is 5.75 Å². The summed E-state index contributed by atoms with van der Waals surface area (Å²) >= 11 is 1.23. The summed E-state index contributed by atoms with van der Waals surface area (Å²) in [6.07, 6.45) is 4.50. The first-order chi connectivity index (χ1) is 13.7. The third-order valence-electron chi connectivity index (χ3n) is 4.74. The topological polar surface area (TPSA) is 77.2 Å². The number of hydrogen-bond donors (Lipinski definition) is 1. The molecular weight excluding hydrogens is 374 g/mol. The Balaban J connectivity index is 1.36. The van der Waals surface area contributed by atoms with Crippen LogP contribution in [0, 0.1) is 0 Å². The van der Waals surface area contributed by atoms with E-state index in [2.05, 4.69) is 21.6 Å². The number of amides is 1. The molecule has 0 atom stereocenters. The molecule has 0 aliphatic heterocycles. The summed E-state index contributed by atoms with van der Waals surface area (Å²) in [6, 6.07) is 13.5. The number of anilines is 1. The summed E-state index contributed by atoms with van der Waals surface area (Å²) in [5.41, 5.74) is 4.34. The third kappa shape index (κ3) is 4.20. The number of aromatic nitrogens is 2. The molecule has 0 unspecified atom stereocenters. The van der Waals surface area contributed by atoms with Gasteiger partial charge in [-0.25, -0.2) is 0 Å². The van der Waals surface area contributed by atoms with Gasteiger partial charge in [-0.3, -0.25) is 4.79 Å². The second kappa shape index (κ2) is 8.48. The number of thioether (sulfide) groups is 1. The van der Waals surface area contributed by atoms with E-state index in [0.717, 1.165) is 29.8 Å². The van der Waals surface area contributed by atoms with Crippen molar-refractivity contribution in [1.82, 2.24) is 10.2 Å². The molecule has 1 amide bonds. The molecule has 0 spiro atoms. The number of hydrogen-bond acceptors (Lipinski definition) is 6. The predicted octanol–water partition coefficient (Wildman–Crippen LogP) is 4.35. The Morgan fingerprint density at radius 3 is 2.79 bits per heavy atom. The summed E-state index contributed by atoms with van der Waals surface area (Å²) in [4.78, 5) is 12.4. The van der Waals surface area contributed by atoms with Crippen LogP contribution in [0.2, 0.25) is 0 Å². The van der Waals surface area contributed by atoms with E-state index in [-0.39, 0.29) is 11.7 Å². The number of aryl methyl sites for hydroxylation is 1. The summed E-state index contributed by atoms with van der Waals surface area (Å²) in [5, 5.41) is 11.5. The number of nitrogens with one attached hydrogen (secondary N) is 1. The van der Waals surface area contributed by atoms with Gasteiger partial charge in [0.1, 0.15) is 5.75 Å². The number of rotatable bonds is 6. The molecule has 1 aromatic heterocycles. The number of fused-ring (bicyclic) bond motifs is 1. The Morgan fingerprint density at radius 1 is 1.14 bits per heavy atom. The molecule has 144 valence electrons. The SMILES string of the molecule is COc1ccc(-c2nnc(SCC(=O)Nc3cccc4c3CCCC4)o2)cc1. The molecule has 28 heavy (non-hydrogen) atoms. The van der Waals surface area contributed by atoms with Crippen LogP contribution in [0.3, 0.4) is 0 Å². The predicted molar refractivity (Wildman–Crippen MR) is 109 cm³/mol. The van der Waals surface area contributed by atoms with Crippen molar-refractivity contribution in [2.45, 2.75) is 30.9 Å². The Morgan fingerprint density at radius 2 is 1.96 bits per heavy atom. The van der Waals surface area contributed by atoms with Gasteiger partial charge >= 0.3 is 0 Å². The van der Waals surface area contributed by atoms with Crippen molar-refractivity contribution in [3.05, 3.63) is 53.6 Å². The fourth-order valence-electron chi connectivity index (χ4n) is 3.33. The minimum absolute atomic E-state index is 0.0758. The minimum atomic E-state index is -0.0758. The highest BCUT2D eigenvalue weighted by molar-refractivity contribution is 7.99. The van der Waals surface area contributed by atoms with Crippen LogP contribution < -0.4 is 10.1 Å². The molecule has 0 radical (unpaired) electrons. The van der Waals surface area contributed by atoms with Crippen LogP contribution in [0.1, 0.15) is 24.0 Å². The molecule has 0 fully saturated rings. The maximum atomic E-state index is 12.4. The monoisotopic (exact) mass is 395 g/mol. The van der Waals surface area contributed by atoms with Crippen molar-refractivity contribution in [3.63, 3.8) is 0 Å². The lowest BCUT2D eigenvalue weighted by Crippen LogP contribution is -2.17. The number of nitrogens with zero attached hydrogens (tertiary/aromatic N) is 2. The lowest BCUT2D eigenvalue weighted by Gasteiger charge is -2.19. The van der Waals surface area contributed by atoms with Gasteiger partial charge in [-0.2, -0.15) is 0 Å². The molecule has 4 rings (SSSR count). The molecule has 6 nitrogen and oxygen atoms in total. The molecule has 1 aliphatic rings. The smallest absolute Gasteiger partial charge is 0.277 e. The largest absolute Gasteiger partial charge is 0.497 e. The summed E-state index contributed by atoms with van der Waals surface area (Å²) < 4.78 is 10.8.